The van der Waals surface area contributed by atoms with Gasteiger partial charge in [-0.05, 0) is 33.3 Å². The molecule has 0 spiro atoms. The Labute approximate surface area is 213 Å². The van der Waals surface area contributed by atoms with Crippen LogP contribution in [0.3, 0.4) is 0 Å². The molecule has 1 saturated heterocycles. The van der Waals surface area contributed by atoms with Gasteiger partial charge in [0, 0.05) is 31.7 Å². The van der Waals surface area contributed by atoms with Gasteiger partial charge in [-0.2, -0.15) is 4.98 Å². The fraction of sp³-hybridized carbons (Fsp3) is 0.423. The van der Waals surface area contributed by atoms with E-state index >= 15 is 0 Å². The molecular formula is C26H29N7O2S. The van der Waals surface area contributed by atoms with Gasteiger partial charge in [0.25, 0.3) is 0 Å². The van der Waals surface area contributed by atoms with Gasteiger partial charge in [-0.3, -0.25) is 0 Å². The zero-order valence-electron chi connectivity index (χ0n) is 20.9. The molecule has 0 saturated carbocycles. The predicted octanol–water partition coefficient (Wildman–Crippen LogP) is 4.30. The van der Waals surface area contributed by atoms with Gasteiger partial charge in [-0.1, -0.05) is 29.4 Å². The van der Waals surface area contributed by atoms with Crippen LogP contribution in [0.1, 0.15) is 37.9 Å². The fourth-order valence-corrected chi connectivity index (χ4v) is 6.12. The second kappa shape index (κ2) is 9.25. The van der Waals surface area contributed by atoms with E-state index < -0.39 is 0 Å². The lowest BCUT2D eigenvalue weighted by Crippen LogP contribution is -2.44. The summed E-state index contributed by atoms with van der Waals surface area (Å²) >= 11 is 1.57. The van der Waals surface area contributed by atoms with Gasteiger partial charge in [0.05, 0.1) is 29.3 Å². The van der Waals surface area contributed by atoms with Crippen LogP contribution >= 0.6 is 11.3 Å². The lowest BCUT2D eigenvalue weighted by Gasteiger charge is -2.27. The zero-order valence-corrected chi connectivity index (χ0v) is 21.7. The van der Waals surface area contributed by atoms with Crippen LogP contribution in [0.25, 0.3) is 31.8 Å². The molecule has 4 aromatic rings. The fourth-order valence-electron chi connectivity index (χ4n) is 5.02. The number of rotatable bonds is 5. The number of aromatic nitrogens is 4. The van der Waals surface area contributed by atoms with Crippen LogP contribution in [0.4, 0.5) is 5.95 Å². The molecule has 36 heavy (non-hydrogen) atoms. The number of hydrogen-bond acceptors (Lipinski definition) is 10. The molecule has 0 amide bonds. The third-order valence-electron chi connectivity index (χ3n) is 6.81. The van der Waals surface area contributed by atoms with Gasteiger partial charge in [0.1, 0.15) is 21.2 Å². The van der Waals surface area contributed by atoms with Gasteiger partial charge >= 0.3 is 0 Å². The van der Waals surface area contributed by atoms with E-state index in [4.69, 9.17) is 29.5 Å². The number of nitrogens with one attached hydrogen (secondary N) is 1. The Balaban J connectivity index is 1.42. The number of benzene rings is 1. The molecule has 6 rings (SSSR count). The number of anilines is 1. The van der Waals surface area contributed by atoms with Crippen molar-refractivity contribution in [1.29, 1.82) is 0 Å². The summed E-state index contributed by atoms with van der Waals surface area (Å²) in [6.45, 7) is 12.2. The normalized spacial score (nSPS) is 20.1. The maximum Gasteiger partial charge on any atom is 0.236 e. The molecular weight excluding hydrogens is 474 g/mol. The Kier molecular flexibility index (Phi) is 5.93. The van der Waals surface area contributed by atoms with E-state index in [0.29, 0.717) is 24.3 Å². The minimum atomic E-state index is 0.0379. The van der Waals surface area contributed by atoms with Gasteiger partial charge in [0.2, 0.25) is 11.8 Å². The van der Waals surface area contributed by atoms with Crippen LogP contribution in [0.15, 0.2) is 29.4 Å². The summed E-state index contributed by atoms with van der Waals surface area (Å²) in [7, 11) is 0. The highest BCUT2D eigenvalue weighted by molar-refractivity contribution is 7.25. The number of oxime groups is 1. The molecule has 10 heteroatoms. The molecule has 3 aromatic heterocycles. The van der Waals surface area contributed by atoms with E-state index in [1.807, 2.05) is 27.7 Å². The third kappa shape index (κ3) is 3.94. The third-order valence-corrected chi connectivity index (χ3v) is 7.87. The number of nitrogens with zero attached hydrogens (tertiary/aromatic N) is 6. The van der Waals surface area contributed by atoms with E-state index in [-0.39, 0.29) is 12.0 Å². The SMILES string of the molecule is CCOc1nc(N2CCNCC2)nc2c1sc1nc(-c3ccc(C4C(C)=NOC4C)cc3)nc(C)c12. The molecule has 0 bridgehead atoms. The van der Waals surface area contributed by atoms with E-state index in [1.165, 1.54) is 5.56 Å². The highest BCUT2D eigenvalue weighted by atomic mass is 32.1. The summed E-state index contributed by atoms with van der Waals surface area (Å²) in [5.74, 6) is 2.20. The van der Waals surface area contributed by atoms with Crippen LogP contribution in [0.2, 0.25) is 0 Å². The highest BCUT2D eigenvalue weighted by Crippen LogP contribution is 2.40. The van der Waals surface area contributed by atoms with Crippen LogP contribution in [-0.2, 0) is 4.84 Å². The van der Waals surface area contributed by atoms with E-state index in [2.05, 4.69) is 39.6 Å². The standard InChI is InChI=1S/C26H29N7O2S/c1-5-34-24-22-21(29-26(31-24)33-12-10-27-11-13-33)20-14(2)28-23(30-25(20)36-22)18-8-6-17(7-9-18)19-15(3)32-35-16(19)4/h6-9,16,19,27H,5,10-13H2,1-4H3. The van der Waals surface area contributed by atoms with Gasteiger partial charge in [-0.25, -0.2) is 15.0 Å². The molecule has 0 aliphatic carbocycles. The number of aryl methyl sites for hydroxylation is 1. The van der Waals surface area contributed by atoms with Crippen molar-refractivity contribution in [1.82, 2.24) is 25.3 Å². The van der Waals surface area contributed by atoms with Crippen molar-refractivity contribution >= 4 is 43.4 Å². The molecule has 1 fully saturated rings. The van der Waals surface area contributed by atoms with Crippen LogP contribution in [-0.4, -0.2) is 64.5 Å². The van der Waals surface area contributed by atoms with Crippen molar-refractivity contribution in [2.24, 2.45) is 5.16 Å². The number of hydrogen-bond donors (Lipinski definition) is 1. The Morgan fingerprint density at radius 2 is 1.86 bits per heavy atom. The Morgan fingerprint density at radius 3 is 2.56 bits per heavy atom. The van der Waals surface area contributed by atoms with Crippen molar-refractivity contribution in [2.45, 2.75) is 39.7 Å². The lowest BCUT2D eigenvalue weighted by atomic mass is 9.90. The molecule has 5 heterocycles. The number of thiophene rings is 1. The number of fused-ring (bicyclic) bond motifs is 3. The number of ether oxygens (including phenoxy) is 1. The maximum absolute atomic E-state index is 5.96. The Bertz CT molecular complexity index is 1460. The second-order valence-corrected chi connectivity index (χ2v) is 10.2. The summed E-state index contributed by atoms with van der Waals surface area (Å²) in [5.41, 5.74) is 4.92. The average Bonchev–Trinajstić information content (AvgIpc) is 3.44. The summed E-state index contributed by atoms with van der Waals surface area (Å²) in [6, 6.07) is 8.40. The van der Waals surface area contributed by atoms with E-state index in [9.17, 15) is 0 Å². The molecule has 2 atom stereocenters. The van der Waals surface area contributed by atoms with Gasteiger partial charge < -0.3 is 19.8 Å². The van der Waals surface area contributed by atoms with Crippen LogP contribution < -0.4 is 15.0 Å². The number of piperazine rings is 1. The Morgan fingerprint density at radius 1 is 1.08 bits per heavy atom. The van der Waals surface area contributed by atoms with Gasteiger partial charge in [-0.15, -0.1) is 11.3 Å². The molecule has 1 aromatic carbocycles. The minimum Gasteiger partial charge on any atom is -0.477 e. The topological polar surface area (TPSA) is 97.7 Å². The van der Waals surface area contributed by atoms with Crippen molar-refractivity contribution in [3.63, 3.8) is 0 Å². The molecule has 9 nitrogen and oxygen atoms in total. The first-order valence-corrected chi connectivity index (χ1v) is 13.2. The minimum absolute atomic E-state index is 0.0379. The highest BCUT2D eigenvalue weighted by Gasteiger charge is 2.29. The van der Waals surface area contributed by atoms with Crippen molar-refractivity contribution in [3.05, 3.63) is 35.5 Å². The molecule has 2 aliphatic rings. The van der Waals surface area contributed by atoms with Crippen molar-refractivity contribution < 1.29 is 9.57 Å². The first kappa shape index (κ1) is 23.1. The lowest BCUT2D eigenvalue weighted by molar-refractivity contribution is 0.0905. The molecule has 2 unspecified atom stereocenters. The molecule has 1 N–H and O–H groups in total. The zero-order chi connectivity index (χ0) is 24.8. The molecule has 2 aliphatic heterocycles. The van der Waals surface area contributed by atoms with E-state index in [1.54, 1.807) is 11.3 Å². The summed E-state index contributed by atoms with van der Waals surface area (Å²) in [6.07, 6.45) is 0.0379. The quantitative estimate of drug-likeness (QED) is 0.431. The molecule has 0 radical (unpaired) electrons. The largest absolute Gasteiger partial charge is 0.477 e. The van der Waals surface area contributed by atoms with Crippen molar-refractivity contribution in [3.8, 4) is 17.3 Å². The van der Waals surface area contributed by atoms with E-state index in [0.717, 1.165) is 63.6 Å². The van der Waals surface area contributed by atoms with Crippen molar-refractivity contribution in [2.75, 3.05) is 37.7 Å². The summed E-state index contributed by atoms with van der Waals surface area (Å²) in [4.78, 5) is 28.2. The van der Waals surface area contributed by atoms with Crippen LogP contribution in [0, 0.1) is 6.92 Å². The monoisotopic (exact) mass is 503 g/mol. The maximum atomic E-state index is 5.96. The first-order chi connectivity index (χ1) is 17.5. The average molecular weight is 504 g/mol. The predicted molar refractivity (Wildman–Crippen MR) is 143 cm³/mol. The smallest absolute Gasteiger partial charge is 0.236 e. The Hall–Kier alpha value is -3.37. The summed E-state index contributed by atoms with van der Waals surface area (Å²) < 4.78 is 6.88. The van der Waals surface area contributed by atoms with Gasteiger partial charge in [0.15, 0.2) is 5.82 Å². The summed E-state index contributed by atoms with van der Waals surface area (Å²) in [5, 5.41) is 8.50. The van der Waals surface area contributed by atoms with Crippen LogP contribution in [0.5, 0.6) is 5.88 Å². The molecule has 186 valence electrons. The second-order valence-electron chi connectivity index (χ2n) is 9.23. The first-order valence-electron chi connectivity index (χ1n) is 12.4.